The van der Waals surface area contributed by atoms with Crippen LogP contribution in [0.1, 0.15) is 59.2 Å². The number of aliphatic hydroxyl groups excluding tert-OH is 2. The largest absolute Gasteiger partial charge is 0.460 e. The number of hydrogen-bond acceptors (Lipinski definition) is 4. The van der Waals surface area contributed by atoms with Crippen molar-refractivity contribution in [2.45, 2.75) is 71.3 Å². The standard InChI is InChI=1S/C28H34FNO4/c1-18(2)30-24-9-7-6-8-23(24)27(19-10-12-20(29)13-11-19)25(30)15-14-21(31)16-22(32)17-26(33)34-28(3,4)5/h6-15,18,21-22,31-32H,16-17H2,1-5H3/b15-14+. The van der Waals surface area contributed by atoms with E-state index < -0.39 is 23.8 Å². The lowest BCUT2D eigenvalue weighted by Crippen LogP contribution is -2.27. The molecule has 6 heteroatoms. The van der Waals surface area contributed by atoms with Crippen LogP contribution in [0, 0.1) is 5.82 Å². The number of rotatable bonds is 8. The molecule has 1 heterocycles. The highest BCUT2D eigenvalue weighted by Crippen LogP contribution is 2.38. The molecule has 0 bridgehead atoms. The summed E-state index contributed by atoms with van der Waals surface area (Å²) in [5.41, 5.74) is 3.11. The van der Waals surface area contributed by atoms with Gasteiger partial charge >= 0.3 is 5.97 Å². The van der Waals surface area contributed by atoms with Crippen molar-refractivity contribution in [1.29, 1.82) is 0 Å². The molecule has 3 rings (SSSR count). The molecule has 34 heavy (non-hydrogen) atoms. The molecule has 1 aromatic heterocycles. The van der Waals surface area contributed by atoms with Crippen molar-refractivity contribution in [2.75, 3.05) is 0 Å². The van der Waals surface area contributed by atoms with Gasteiger partial charge in [-0.15, -0.1) is 0 Å². The van der Waals surface area contributed by atoms with Crippen LogP contribution in [0.5, 0.6) is 0 Å². The highest BCUT2D eigenvalue weighted by atomic mass is 19.1. The van der Waals surface area contributed by atoms with E-state index in [1.54, 1.807) is 39.0 Å². The van der Waals surface area contributed by atoms with E-state index in [1.165, 1.54) is 12.1 Å². The number of nitrogens with zero attached hydrogens (tertiary/aromatic N) is 1. The Morgan fingerprint density at radius 3 is 2.35 bits per heavy atom. The first-order chi connectivity index (χ1) is 16.0. The number of ether oxygens (including phenoxy) is 1. The number of fused-ring (bicyclic) bond motifs is 1. The molecule has 2 N–H and O–H groups in total. The molecule has 2 atom stereocenters. The van der Waals surface area contributed by atoms with Gasteiger partial charge in [-0.3, -0.25) is 4.79 Å². The normalized spacial score (nSPS) is 14.1. The maximum atomic E-state index is 13.6. The molecule has 0 radical (unpaired) electrons. The summed E-state index contributed by atoms with van der Waals surface area (Å²) in [7, 11) is 0. The third-order valence-electron chi connectivity index (χ3n) is 5.41. The van der Waals surface area contributed by atoms with Gasteiger partial charge in [-0.2, -0.15) is 0 Å². The number of para-hydroxylation sites is 1. The zero-order valence-corrected chi connectivity index (χ0v) is 20.5. The fourth-order valence-corrected chi connectivity index (χ4v) is 4.14. The fraction of sp³-hybridized carbons (Fsp3) is 0.393. The molecule has 0 saturated carbocycles. The van der Waals surface area contributed by atoms with Gasteiger partial charge in [0.15, 0.2) is 0 Å². The molecular formula is C28H34FNO4. The molecule has 0 fully saturated rings. The summed E-state index contributed by atoms with van der Waals surface area (Å²) in [6.07, 6.45) is 1.29. The van der Waals surface area contributed by atoms with E-state index in [0.717, 1.165) is 27.7 Å². The van der Waals surface area contributed by atoms with Crippen LogP contribution < -0.4 is 0 Å². The molecule has 3 aromatic rings. The van der Waals surface area contributed by atoms with E-state index in [0.29, 0.717) is 0 Å². The molecule has 0 spiro atoms. The third kappa shape index (κ3) is 6.33. The Morgan fingerprint density at radius 2 is 1.74 bits per heavy atom. The minimum absolute atomic E-state index is 0.00350. The predicted octanol–water partition coefficient (Wildman–Crippen LogP) is 5.89. The first kappa shape index (κ1) is 25.7. The third-order valence-corrected chi connectivity index (χ3v) is 5.41. The van der Waals surface area contributed by atoms with Crippen LogP contribution in [0.15, 0.2) is 54.6 Å². The van der Waals surface area contributed by atoms with Gasteiger partial charge in [-0.25, -0.2) is 4.39 Å². The Morgan fingerprint density at radius 1 is 1.09 bits per heavy atom. The number of hydrogen-bond donors (Lipinski definition) is 2. The zero-order valence-electron chi connectivity index (χ0n) is 20.5. The van der Waals surface area contributed by atoms with E-state index >= 15 is 0 Å². The van der Waals surface area contributed by atoms with Crippen molar-refractivity contribution < 1.29 is 24.1 Å². The van der Waals surface area contributed by atoms with E-state index in [9.17, 15) is 19.4 Å². The van der Waals surface area contributed by atoms with Gasteiger partial charge < -0.3 is 19.5 Å². The number of benzene rings is 2. The Kier molecular flexibility index (Phi) is 7.95. The monoisotopic (exact) mass is 467 g/mol. The molecule has 0 aliphatic carbocycles. The van der Waals surface area contributed by atoms with Gasteiger partial charge in [0.2, 0.25) is 0 Å². The maximum absolute atomic E-state index is 13.6. The van der Waals surface area contributed by atoms with Crippen molar-refractivity contribution in [3.8, 4) is 11.1 Å². The first-order valence-electron chi connectivity index (χ1n) is 11.6. The molecular weight excluding hydrogens is 433 g/mol. The van der Waals surface area contributed by atoms with Crippen LogP contribution in [0.4, 0.5) is 4.39 Å². The number of aromatic nitrogens is 1. The van der Waals surface area contributed by atoms with Crippen LogP contribution >= 0.6 is 0 Å². The van der Waals surface area contributed by atoms with Crippen LogP contribution in [0.3, 0.4) is 0 Å². The second-order valence-electron chi connectivity index (χ2n) is 9.85. The summed E-state index contributed by atoms with van der Waals surface area (Å²) in [4.78, 5) is 12.0. The summed E-state index contributed by atoms with van der Waals surface area (Å²) in [6.45, 7) is 9.46. The zero-order chi connectivity index (χ0) is 25.0. The Labute approximate surface area is 200 Å². The van der Waals surface area contributed by atoms with E-state index in [4.69, 9.17) is 4.74 Å². The Hall–Kier alpha value is -2.96. The molecule has 182 valence electrons. The number of esters is 1. The fourth-order valence-electron chi connectivity index (χ4n) is 4.14. The van der Waals surface area contributed by atoms with E-state index in [-0.39, 0.29) is 24.7 Å². The molecule has 0 amide bonds. The molecule has 5 nitrogen and oxygen atoms in total. The number of aliphatic hydroxyl groups is 2. The molecule has 0 aliphatic rings. The Bertz CT molecular complexity index is 1160. The van der Waals surface area contributed by atoms with Gasteiger partial charge in [-0.05, 0) is 64.5 Å². The summed E-state index contributed by atoms with van der Waals surface area (Å²) < 4.78 is 21.0. The van der Waals surface area contributed by atoms with Crippen LogP contribution in [-0.2, 0) is 9.53 Å². The lowest BCUT2D eigenvalue weighted by molar-refractivity contribution is -0.157. The second-order valence-corrected chi connectivity index (χ2v) is 9.85. The van der Waals surface area contributed by atoms with Gasteiger partial charge in [0.1, 0.15) is 11.4 Å². The number of halogens is 1. The van der Waals surface area contributed by atoms with E-state index in [1.807, 2.05) is 30.3 Å². The van der Waals surface area contributed by atoms with Gasteiger partial charge in [0.25, 0.3) is 0 Å². The molecule has 2 aromatic carbocycles. The van der Waals surface area contributed by atoms with Gasteiger partial charge in [-0.1, -0.05) is 36.4 Å². The predicted molar refractivity (Wildman–Crippen MR) is 134 cm³/mol. The van der Waals surface area contributed by atoms with Gasteiger partial charge in [0.05, 0.1) is 18.6 Å². The van der Waals surface area contributed by atoms with Gasteiger partial charge in [0, 0.05) is 34.6 Å². The highest BCUT2D eigenvalue weighted by molar-refractivity contribution is 6.01. The second kappa shape index (κ2) is 10.5. The minimum atomic E-state index is -1.03. The van der Waals surface area contributed by atoms with E-state index in [2.05, 4.69) is 18.4 Å². The van der Waals surface area contributed by atoms with Crippen molar-refractivity contribution in [3.05, 3.63) is 66.1 Å². The average Bonchev–Trinajstić information content (AvgIpc) is 3.05. The summed E-state index contributed by atoms with van der Waals surface area (Å²) in [5, 5.41) is 21.9. The van der Waals surface area contributed by atoms with Crippen molar-refractivity contribution in [1.82, 2.24) is 4.57 Å². The summed E-state index contributed by atoms with van der Waals surface area (Å²) >= 11 is 0. The lowest BCUT2D eigenvalue weighted by Gasteiger charge is -2.21. The molecule has 0 saturated heterocycles. The Balaban J connectivity index is 1.91. The molecule has 2 unspecified atom stereocenters. The average molecular weight is 468 g/mol. The maximum Gasteiger partial charge on any atom is 0.308 e. The topological polar surface area (TPSA) is 71.7 Å². The summed E-state index contributed by atoms with van der Waals surface area (Å²) in [6, 6.07) is 14.5. The SMILES string of the molecule is CC(C)n1c(/C=C/C(O)CC(O)CC(=O)OC(C)(C)C)c(-c2ccc(F)cc2)c2ccccc21. The van der Waals surface area contributed by atoms with Crippen LogP contribution in [0.2, 0.25) is 0 Å². The quantitative estimate of drug-likeness (QED) is 0.406. The smallest absolute Gasteiger partial charge is 0.308 e. The van der Waals surface area contributed by atoms with Crippen LogP contribution in [-0.4, -0.2) is 38.6 Å². The minimum Gasteiger partial charge on any atom is -0.460 e. The van der Waals surface area contributed by atoms with Crippen molar-refractivity contribution >= 4 is 22.9 Å². The van der Waals surface area contributed by atoms with Crippen molar-refractivity contribution in [3.63, 3.8) is 0 Å². The highest BCUT2D eigenvalue weighted by Gasteiger charge is 2.22. The summed E-state index contributed by atoms with van der Waals surface area (Å²) in [5.74, 6) is -0.808. The number of carbonyl (C=O) groups is 1. The van der Waals surface area contributed by atoms with Crippen molar-refractivity contribution in [2.24, 2.45) is 0 Å². The number of carbonyl (C=O) groups excluding carboxylic acids is 1. The lowest BCUT2D eigenvalue weighted by atomic mass is 10.0. The molecule has 0 aliphatic heterocycles. The van der Waals surface area contributed by atoms with Crippen LogP contribution in [0.25, 0.3) is 28.1 Å². The first-order valence-corrected chi connectivity index (χ1v) is 11.6.